The van der Waals surface area contributed by atoms with Gasteiger partial charge in [-0.3, -0.25) is 14.9 Å². The lowest BCUT2D eigenvalue weighted by molar-refractivity contribution is -0.384. The maximum absolute atomic E-state index is 12.3. The number of nitro groups is 1. The Morgan fingerprint density at radius 2 is 1.97 bits per heavy atom. The van der Waals surface area contributed by atoms with Gasteiger partial charge in [0, 0.05) is 41.2 Å². The van der Waals surface area contributed by atoms with Gasteiger partial charge in [0.05, 0.1) is 16.4 Å². The maximum Gasteiger partial charge on any atom is 0.269 e. The first-order valence-corrected chi connectivity index (χ1v) is 10.4. The quantitative estimate of drug-likeness (QED) is 0.248. The second kappa shape index (κ2) is 9.31. The third kappa shape index (κ3) is 5.40. The highest BCUT2D eigenvalue weighted by Gasteiger charge is 2.08. The van der Waals surface area contributed by atoms with E-state index in [4.69, 9.17) is 4.74 Å². The third-order valence-electron chi connectivity index (χ3n) is 4.34. The van der Waals surface area contributed by atoms with Crippen LogP contribution in [-0.2, 0) is 11.4 Å². The third-order valence-corrected chi connectivity index (χ3v) is 5.35. The molecule has 31 heavy (non-hydrogen) atoms. The number of hydrogen-bond acceptors (Lipinski definition) is 6. The van der Waals surface area contributed by atoms with E-state index in [-0.39, 0.29) is 17.3 Å². The Hall–Kier alpha value is -3.85. The highest BCUT2D eigenvalue weighted by atomic mass is 32.2. The van der Waals surface area contributed by atoms with Crippen LogP contribution in [0.4, 0.5) is 11.4 Å². The zero-order chi connectivity index (χ0) is 21.6. The molecule has 0 spiro atoms. The molecule has 0 saturated carbocycles. The van der Waals surface area contributed by atoms with Crippen LogP contribution in [0.5, 0.6) is 5.75 Å². The van der Waals surface area contributed by atoms with E-state index in [0.717, 1.165) is 16.2 Å². The summed E-state index contributed by atoms with van der Waals surface area (Å²) in [5.74, 6) is 0.628. The van der Waals surface area contributed by atoms with E-state index >= 15 is 0 Å². The van der Waals surface area contributed by atoms with Gasteiger partial charge in [-0.05, 0) is 36.4 Å². The van der Waals surface area contributed by atoms with Gasteiger partial charge in [-0.25, -0.2) is 4.98 Å². The van der Waals surface area contributed by atoms with Crippen molar-refractivity contribution in [3.63, 3.8) is 0 Å². The van der Waals surface area contributed by atoms with Crippen molar-refractivity contribution in [3.8, 4) is 5.75 Å². The zero-order valence-corrected chi connectivity index (χ0v) is 17.1. The molecule has 0 radical (unpaired) electrons. The molecule has 9 heteroatoms. The number of carbonyl (C=O) groups excluding carboxylic acids is 1. The number of fused-ring (bicyclic) bond motifs is 1. The number of rotatable bonds is 8. The number of amides is 1. The summed E-state index contributed by atoms with van der Waals surface area (Å²) in [4.78, 5) is 27.8. The lowest BCUT2D eigenvalue weighted by Crippen LogP contribution is -2.14. The number of pyridine rings is 1. The van der Waals surface area contributed by atoms with Crippen LogP contribution in [0.2, 0.25) is 0 Å². The number of hydrogen-bond donors (Lipinski definition) is 1. The Morgan fingerprint density at radius 1 is 1.13 bits per heavy atom. The molecule has 2 heterocycles. The molecule has 156 valence electrons. The van der Waals surface area contributed by atoms with Crippen molar-refractivity contribution in [2.24, 2.45) is 0 Å². The lowest BCUT2D eigenvalue weighted by atomic mass is 10.3. The fourth-order valence-corrected chi connectivity index (χ4v) is 3.59. The molecule has 8 nitrogen and oxygen atoms in total. The standard InChI is InChI=1S/C22H18N4O4S/c27-22(15-31-20-9-7-18(8-10-20)26(28)29)24-16-4-3-5-19(12-16)30-14-17-13-25-11-2-1-6-21(25)23-17/h1-13H,14-15H2,(H,24,27). The number of ether oxygens (including phenoxy) is 1. The molecular weight excluding hydrogens is 416 g/mol. The molecule has 0 aliphatic heterocycles. The van der Waals surface area contributed by atoms with Gasteiger partial charge in [-0.15, -0.1) is 11.8 Å². The smallest absolute Gasteiger partial charge is 0.269 e. The van der Waals surface area contributed by atoms with Crippen molar-refractivity contribution in [2.75, 3.05) is 11.1 Å². The molecular formula is C22H18N4O4S. The molecule has 1 amide bonds. The van der Waals surface area contributed by atoms with Crippen molar-refractivity contribution < 1.29 is 14.5 Å². The first-order valence-electron chi connectivity index (χ1n) is 9.39. The summed E-state index contributed by atoms with van der Waals surface area (Å²) < 4.78 is 7.74. The number of thioether (sulfide) groups is 1. The minimum Gasteiger partial charge on any atom is -0.487 e. The fraction of sp³-hybridized carbons (Fsp3) is 0.0909. The van der Waals surface area contributed by atoms with E-state index in [1.165, 1.54) is 23.9 Å². The molecule has 0 aliphatic carbocycles. The van der Waals surface area contributed by atoms with Crippen molar-refractivity contribution in [3.05, 3.63) is 94.9 Å². The minimum atomic E-state index is -0.453. The molecule has 2 aromatic heterocycles. The Balaban J connectivity index is 1.30. The van der Waals surface area contributed by atoms with Crippen molar-refractivity contribution in [1.29, 1.82) is 0 Å². The highest BCUT2D eigenvalue weighted by molar-refractivity contribution is 8.00. The van der Waals surface area contributed by atoms with Gasteiger partial charge in [0.2, 0.25) is 5.91 Å². The van der Waals surface area contributed by atoms with E-state index in [9.17, 15) is 14.9 Å². The van der Waals surface area contributed by atoms with Crippen LogP contribution in [-0.4, -0.2) is 26.0 Å². The highest BCUT2D eigenvalue weighted by Crippen LogP contribution is 2.23. The number of nitrogens with one attached hydrogen (secondary N) is 1. The lowest BCUT2D eigenvalue weighted by Gasteiger charge is -2.08. The molecule has 0 aliphatic rings. The summed E-state index contributed by atoms with van der Waals surface area (Å²) in [6, 6.07) is 19.0. The van der Waals surface area contributed by atoms with Crippen LogP contribution in [0, 0.1) is 10.1 Å². The molecule has 0 atom stereocenters. The van der Waals surface area contributed by atoms with Gasteiger partial charge in [0.1, 0.15) is 18.0 Å². The summed E-state index contributed by atoms with van der Waals surface area (Å²) in [5, 5.41) is 13.5. The largest absolute Gasteiger partial charge is 0.487 e. The molecule has 4 rings (SSSR count). The Morgan fingerprint density at radius 3 is 2.74 bits per heavy atom. The van der Waals surface area contributed by atoms with Crippen LogP contribution < -0.4 is 10.1 Å². The van der Waals surface area contributed by atoms with E-state index < -0.39 is 4.92 Å². The summed E-state index contributed by atoms with van der Waals surface area (Å²) in [5.41, 5.74) is 2.31. The van der Waals surface area contributed by atoms with Crippen LogP contribution >= 0.6 is 11.8 Å². The number of nitro benzene ring substituents is 1. The molecule has 0 unspecified atom stereocenters. The molecule has 2 aromatic carbocycles. The Labute approximate surface area is 182 Å². The number of carbonyl (C=O) groups is 1. The van der Waals surface area contributed by atoms with E-state index in [1.807, 2.05) is 41.1 Å². The number of benzene rings is 2. The minimum absolute atomic E-state index is 0.0225. The SMILES string of the molecule is O=C(CSc1ccc([N+](=O)[O-])cc1)Nc1cccc(OCc2cn3ccccc3n2)c1. The van der Waals surface area contributed by atoms with Gasteiger partial charge in [0.25, 0.3) is 5.69 Å². The molecule has 0 bridgehead atoms. The first kappa shape index (κ1) is 20.4. The number of aromatic nitrogens is 2. The molecule has 4 aromatic rings. The number of imidazole rings is 1. The number of nitrogens with zero attached hydrogens (tertiary/aromatic N) is 3. The van der Waals surface area contributed by atoms with Crippen molar-refractivity contribution >= 4 is 34.7 Å². The fourth-order valence-electron chi connectivity index (χ4n) is 2.89. The molecule has 1 N–H and O–H groups in total. The maximum atomic E-state index is 12.3. The van der Waals surface area contributed by atoms with Crippen LogP contribution in [0.15, 0.2) is 84.0 Å². The monoisotopic (exact) mass is 434 g/mol. The first-order chi connectivity index (χ1) is 15.1. The normalized spacial score (nSPS) is 10.7. The summed E-state index contributed by atoms with van der Waals surface area (Å²) in [6.07, 6.45) is 3.84. The summed E-state index contributed by atoms with van der Waals surface area (Å²) >= 11 is 1.31. The number of anilines is 1. The summed E-state index contributed by atoms with van der Waals surface area (Å²) in [6.45, 7) is 0.315. The Bertz CT molecular complexity index is 1190. The van der Waals surface area contributed by atoms with Crippen LogP contribution in [0.25, 0.3) is 5.65 Å². The molecule has 0 saturated heterocycles. The number of non-ortho nitro benzene ring substituents is 1. The van der Waals surface area contributed by atoms with E-state index in [1.54, 1.807) is 30.3 Å². The molecule has 0 fully saturated rings. The van der Waals surface area contributed by atoms with Gasteiger partial charge in [-0.1, -0.05) is 12.1 Å². The zero-order valence-electron chi connectivity index (χ0n) is 16.3. The van der Waals surface area contributed by atoms with Crippen LogP contribution in [0.3, 0.4) is 0 Å². The van der Waals surface area contributed by atoms with Gasteiger partial charge < -0.3 is 14.5 Å². The second-order valence-electron chi connectivity index (χ2n) is 6.60. The van der Waals surface area contributed by atoms with Crippen molar-refractivity contribution in [1.82, 2.24) is 9.38 Å². The van der Waals surface area contributed by atoms with E-state index in [2.05, 4.69) is 10.3 Å². The van der Waals surface area contributed by atoms with Crippen molar-refractivity contribution in [2.45, 2.75) is 11.5 Å². The van der Waals surface area contributed by atoms with Gasteiger partial charge in [0.15, 0.2) is 0 Å². The summed E-state index contributed by atoms with van der Waals surface area (Å²) in [7, 11) is 0. The Kier molecular flexibility index (Phi) is 6.13. The average Bonchev–Trinajstić information content (AvgIpc) is 3.20. The predicted molar refractivity (Wildman–Crippen MR) is 118 cm³/mol. The predicted octanol–water partition coefficient (Wildman–Crippen LogP) is 4.55. The van der Waals surface area contributed by atoms with Crippen LogP contribution in [0.1, 0.15) is 5.69 Å². The van der Waals surface area contributed by atoms with Gasteiger partial charge in [-0.2, -0.15) is 0 Å². The van der Waals surface area contributed by atoms with Gasteiger partial charge >= 0.3 is 0 Å². The second-order valence-corrected chi connectivity index (χ2v) is 7.65. The topological polar surface area (TPSA) is 98.8 Å². The van der Waals surface area contributed by atoms with E-state index in [0.29, 0.717) is 18.0 Å². The average molecular weight is 434 g/mol.